The SMILES string of the molecule is COCC(C)(C)Nc1cc(C)c(N)c(C(=O)O)c1. The van der Waals surface area contributed by atoms with Gasteiger partial charge in [0.1, 0.15) is 0 Å². The maximum absolute atomic E-state index is 11.1. The molecule has 0 unspecified atom stereocenters. The van der Waals surface area contributed by atoms with Crippen molar-refractivity contribution in [2.45, 2.75) is 26.3 Å². The zero-order valence-electron chi connectivity index (χ0n) is 11.2. The van der Waals surface area contributed by atoms with Crippen LogP contribution in [0.5, 0.6) is 0 Å². The first-order chi connectivity index (χ1) is 8.26. The number of rotatable bonds is 5. The maximum atomic E-state index is 11.1. The van der Waals surface area contributed by atoms with E-state index >= 15 is 0 Å². The number of ether oxygens (including phenoxy) is 1. The Bertz CT molecular complexity index is 456. The Kier molecular flexibility index (Phi) is 4.19. The van der Waals surface area contributed by atoms with Gasteiger partial charge in [-0.3, -0.25) is 0 Å². The first-order valence-corrected chi connectivity index (χ1v) is 5.67. The second-order valence-electron chi connectivity index (χ2n) is 5.00. The Morgan fingerprint density at radius 2 is 2.11 bits per heavy atom. The van der Waals surface area contributed by atoms with Gasteiger partial charge in [-0.1, -0.05) is 0 Å². The monoisotopic (exact) mass is 252 g/mol. The molecule has 0 aromatic heterocycles. The third-order valence-electron chi connectivity index (χ3n) is 2.61. The highest BCUT2D eigenvalue weighted by Crippen LogP contribution is 2.25. The fraction of sp³-hybridized carbons (Fsp3) is 0.462. The Balaban J connectivity index is 3.08. The van der Waals surface area contributed by atoms with Crippen LogP contribution in [-0.4, -0.2) is 30.3 Å². The molecule has 0 aliphatic heterocycles. The molecule has 0 aliphatic carbocycles. The molecule has 4 N–H and O–H groups in total. The van der Waals surface area contributed by atoms with Gasteiger partial charge in [0.2, 0.25) is 0 Å². The summed E-state index contributed by atoms with van der Waals surface area (Å²) in [5, 5.41) is 12.3. The molecule has 0 heterocycles. The highest BCUT2D eigenvalue weighted by atomic mass is 16.5. The molecule has 0 atom stereocenters. The largest absolute Gasteiger partial charge is 0.478 e. The molecule has 0 spiro atoms. The Morgan fingerprint density at radius 3 is 2.61 bits per heavy atom. The normalized spacial score (nSPS) is 11.3. The van der Waals surface area contributed by atoms with Gasteiger partial charge in [-0.05, 0) is 38.5 Å². The summed E-state index contributed by atoms with van der Waals surface area (Å²) >= 11 is 0. The molecule has 1 rings (SSSR count). The van der Waals surface area contributed by atoms with Crippen LogP contribution in [0, 0.1) is 6.92 Å². The highest BCUT2D eigenvalue weighted by Gasteiger charge is 2.19. The summed E-state index contributed by atoms with van der Waals surface area (Å²) in [6, 6.07) is 3.38. The minimum absolute atomic E-state index is 0.116. The first kappa shape index (κ1) is 14.3. The predicted molar refractivity (Wildman–Crippen MR) is 72.1 cm³/mol. The third kappa shape index (κ3) is 3.37. The van der Waals surface area contributed by atoms with Crippen LogP contribution in [0.25, 0.3) is 0 Å². The topological polar surface area (TPSA) is 84.6 Å². The summed E-state index contributed by atoms with van der Waals surface area (Å²) in [6.45, 7) is 6.25. The smallest absolute Gasteiger partial charge is 0.337 e. The van der Waals surface area contributed by atoms with Gasteiger partial charge >= 0.3 is 5.97 Å². The Morgan fingerprint density at radius 1 is 1.50 bits per heavy atom. The number of hydrogen-bond donors (Lipinski definition) is 3. The predicted octanol–water partition coefficient (Wildman–Crippen LogP) is 2.11. The lowest BCUT2D eigenvalue weighted by Gasteiger charge is -2.27. The number of benzene rings is 1. The van der Waals surface area contributed by atoms with Crippen LogP contribution in [0.15, 0.2) is 12.1 Å². The molecule has 0 bridgehead atoms. The molecule has 0 radical (unpaired) electrons. The van der Waals surface area contributed by atoms with E-state index in [1.165, 1.54) is 0 Å². The van der Waals surface area contributed by atoms with Crippen LogP contribution < -0.4 is 11.1 Å². The lowest BCUT2D eigenvalue weighted by molar-refractivity contribution is 0.0698. The molecule has 5 nitrogen and oxygen atoms in total. The number of carbonyl (C=O) groups is 1. The van der Waals surface area contributed by atoms with Crippen molar-refractivity contribution in [3.05, 3.63) is 23.3 Å². The first-order valence-electron chi connectivity index (χ1n) is 5.67. The number of aromatic carboxylic acids is 1. The molecule has 0 saturated heterocycles. The van der Waals surface area contributed by atoms with Crippen LogP contribution in [0.3, 0.4) is 0 Å². The van der Waals surface area contributed by atoms with Gasteiger partial charge in [-0.15, -0.1) is 0 Å². The summed E-state index contributed by atoms with van der Waals surface area (Å²) in [4.78, 5) is 11.1. The number of nitrogen functional groups attached to an aromatic ring is 1. The Labute approximate surface area is 107 Å². The second kappa shape index (κ2) is 5.27. The summed E-state index contributed by atoms with van der Waals surface area (Å²) in [6.07, 6.45) is 0. The highest BCUT2D eigenvalue weighted by molar-refractivity contribution is 5.95. The average Bonchev–Trinajstić information content (AvgIpc) is 2.21. The van der Waals surface area contributed by atoms with Crippen LogP contribution in [0.4, 0.5) is 11.4 Å². The van der Waals surface area contributed by atoms with E-state index in [2.05, 4.69) is 5.32 Å². The summed E-state index contributed by atoms with van der Waals surface area (Å²) in [7, 11) is 1.63. The molecule has 1 aromatic rings. The van der Waals surface area contributed by atoms with E-state index in [1.54, 1.807) is 20.1 Å². The third-order valence-corrected chi connectivity index (χ3v) is 2.61. The number of anilines is 2. The molecule has 0 aliphatic rings. The van der Waals surface area contributed by atoms with Crippen molar-refractivity contribution in [2.24, 2.45) is 0 Å². The van der Waals surface area contributed by atoms with Crippen molar-refractivity contribution >= 4 is 17.3 Å². The number of aryl methyl sites for hydroxylation is 1. The summed E-state index contributed by atoms with van der Waals surface area (Å²) in [5.74, 6) is -1.02. The van der Waals surface area contributed by atoms with Gasteiger partial charge in [0, 0.05) is 18.5 Å². The fourth-order valence-corrected chi connectivity index (χ4v) is 1.84. The van der Waals surface area contributed by atoms with E-state index in [4.69, 9.17) is 15.6 Å². The number of hydrogen-bond acceptors (Lipinski definition) is 4. The molecule has 100 valence electrons. The summed E-state index contributed by atoms with van der Waals surface area (Å²) in [5.41, 5.74) is 7.34. The average molecular weight is 252 g/mol. The molecule has 18 heavy (non-hydrogen) atoms. The Hall–Kier alpha value is -1.75. The van der Waals surface area contributed by atoms with E-state index in [0.29, 0.717) is 12.3 Å². The minimum atomic E-state index is -1.02. The van der Waals surface area contributed by atoms with Crippen LogP contribution in [0.2, 0.25) is 0 Å². The van der Waals surface area contributed by atoms with Gasteiger partial charge < -0.3 is 20.9 Å². The molecule has 1 aromatic carbocycles. The zero-order valence-corrected chi connectivity index (χ0v) is 11.2. The van der Waals surface area contributed by atoms with Gasteiger partial charge in [-0.2, -0.15) is 0 Å². The minimum Gasteiger partial charge on any atom is -0.478 e. The van der Waals surface area contributed by atoms with Gasteiger partial charge in [0.15, 0.2) is 0 Å². The fourth-order valence-electron chi connectivity index (χ4n) is 1.84. The van der Waals surface area contributed by atoms with Gasteiger partial charge in [0.25, 0.3) is 0 Å². The van der Waals surface area contributed by atoms with E-state index in [1.807, 2.05) is 19.9 Å². The summed E-state index contributed by atoms with van der Waals surface area (Å²) < 4.78 is 5.11. The van der Waals surface area contributed by atoms with Crippen LogP contribution >= 0.6 is 0 Å². The number of carboxylic acids is 1. The number of nitrogens with two attached hydrogens (primary N) is 1. The molecule has 5 heteroatoms. The number of nitrogens with one attached hydrogen (secondary N) is 1. The van der Waals surface area contributed by atoms with Crippen molar-refractivity contribution in [1.82, 2.24) is 0 Å². The zero-order chi connectivity index (χ0) is 13.9. The van der Waals surface area contributed by atoms with E-state index in [0.717, 1.165) is 11.3 Å². The molecular formula is C13H20N2O3. The molecule has 0 fully saturated rings. The lowest BCUT2D eigenvalue weighted by Crippen LogP contribution is -2.36. The van der Waals surface area contributed by atoms with E-state index < -0.39 is 5.97 Å². The number of carboxylic acid groups (broad SMARTS) is 1. The quantitative estimate of drug-likeness (QED) is 0.699. The van der Waals surface area contributed by atoms with Crippen molar-refractivity contribution in [3.8, 4) is 0 Å². The van der Waals surface area contributed by atoms with E-state index in [-0.39, 0.29) is 11.1 Å². The van der Waals surface area contributed by atoms with E-state index in [9.17, 15) is 4.79 Å². The van der Waals surface area contributed by atoms with Crippen molar-refractivity contribution in [2.75, 3.05) is 24.8 Å². The number of methoxy groups -OCH3 is 1. The molecule has 0 saturated carbocycles. The van der Waals surface area contributed by atoms with Crippen LogP contribution in [0.1, 0.15) is 29.8 Å². The van der Waals surface area contributed by atoms with Crippen molar-refractivity contribution < 1.29 is 14.6 Å². The molecule has 0 amide bonds. The van der Waals surface area contributed by atoms with Crippen LogP contribution in [-0.2, 0) is 4.74 Å². The second-order valence-corrected chi connectivity index (χ2v) is 5.00. The lowest BCUT2D eigenvalue weighted by atomic mass is 10.0. The maximum Gasteiger partial charge on any atom is 0.337 e. The molecular weight excluding hydrogens is 232 g/mol. The van der Waals surface area contributed by atoms with Gasteiger partial charge in [-0.25, -0.2) is 4.79 Å². The van der Waals surface area contributed by atoms with Crippen molar-refractivity contribution in [3.63, 3.8) is 0 Å². The standard InChI is InChI=1S/C13H20N2O3/c1-8-5-9(15-13(2,3)7-18-4)6-10(11(8)14)12(16)17/h5-6,15H,7,14H2,1-4H3,(H,16,17). The van der Waals surface area contributed by atoms with Crippen molar-refractivity contribution in [1.29, 1.82) is 0 Å². The van der Waals surface area contributed by atoms with Gasteiger partial charge in [0.05, 0.1) is 17.7 Å².